The van der Waals surface area contributed by atoms with Gasteiger partial charge in [0.1, 0.15) is 16.9 Å². The van der Waals surface area contributed by atoms with E-state index in [-0.39, 0.29) is 24.6 Å². The molecule has 0 unspecified atom stereocenters. The molecule has 1 saturated heterocycles. The zero-order valence-electron chi connectivity index (χ0n) is 14.8. The molecule has 1 N–H and O–H groups in total. The average molecular weight is 401 g/mol. The molecule has 1 fully saturated rings. The molecule has 2 aromatic rings. The van der Waals surface area contributed by atoms with Crippen molar-refractivity contribution in [2.75, 3.05) is 16.8 Å². The number of nitrogens with zero attached hydrogens (tertiary/aromatic N) is 2. The van der Waals surface area contributed by atoms with Gasteiger partial charge in [-0.2, -0.15) is 5.26 Å². The van der Waals surface area contributed by atoms with Crippen LogP contribution < -0.4 is 10.2 Å². The van der Waals surface area contributed by atoms with Gasteiger partial charge in [0.25, 0.3) is 5.91 Å². The minimum Gasteiger partial charge on any atom is -0.452 e. The van der Waals surface area contributed by atoms with E-state index < -0.39 is 29.7 Å². The molecule has 1 aromatic heterocycles. The topological polar surface area (TPSA) is 99.5 Å². The number of benzene rings is 1. The third kappa shape index (κ3) is 4.02. The highest BCUT2D eigenvalue weighted by Gasteiger charge is 2.38. The number of nitrogens with one attached hydrogen (secondary N) is 1. The number of hydrogen-bond donors (Lipinski definition) is 1. The van der Waals surface area contributed by atoms with Crippen LogP contribution in [0, 0.1) is 23.1 Å². The molecular formula is C19H16FN3O4S. The fourth-order valence-electron chi connectivity index (χ4n) is 2.80. The van der Waals surface area contributed by atoms with E-state index >= 15 is 0 Å². The van der Waals surface area contributed by atoms with Gasteiger partial charge in [0, 0.05) is 13.0 Å². The first kappa shape index (κ1) is 19.5. The third-order valence-corrected chi connectivity index (χ3v) is 5.12. The smallest absolute Gasteiger partial charge is 0.312 e. The second-order valence-corrected chi connectivity index (χ2v) is 7.12. The van der Waals surface area contributed by atoms with Gasteiger partial charge in [-0.25, -0.2) is 4.39 Å². The normalized spacial score (nSPS) is 17.1. The van der Waals surface area contributed by atoms with E-state index in [0.717, 1.165) is 0 Å². The molecule has 3 rings (SSSR count). The first-order valence-corrected chi connectivity index (χ1v) is 9.32. The van der Waals surface area contributed by atoms with Crippen LogP contribution in [-0.2, 0) is 19.1 Å². The van der Waals surface area contributed by atoms with E-state index in [1.54, 1.807) is 17.5 Å². The summed E-state index contributed by atoms with van der Waals surface area (Å²) < 4.78 is 19.1. The van der Waals surface area contributed by atoms with Gasteiger partial charge in [0.2, 0.25) is 5.91 Å². The molecule has 2 atom stereocenters. The number of rotatable bonds is 5. The fraction of sp³-hybridized carbons (Fsp3) is 0.263. The maximum atomic E-state index is 13.9. The largest absolute Gasteiger partial charge is 0.452 e. The van der Waals surface area contributed by atoms with Gasteiger partial charge in [-0.3, -0.25) is 14.4 Å². The first-order valence-electron chi connectivity index (χ1n) is 8.44. The van der Waals surface area contributed by atoms with Crippen LogP contribution in [0.1, 0.15) is 18.9 Å². The zero-order chi connectivity index (χ0) is 20.3. The SMILES string of the molecule is C[C@@H](OC(=O)[C@H]1CC(=O)N(c2ccccc2F)C1)C(=O)Nc1sccc1C#N. The molecule has 0 aliphatic carbocycles. The van der Waals surface area contributed by atoms with Gasteiger partial charge in [-0.1, -0.05) is 12.1 Å². The number of carbonyl (C=O) groups excluding carboxylic acids is 3. The summed E-state index contributed by atoms with van der Waals surface area (Å²) in [6.45, 7) is 1.38. The molecular weight excluding hydrogens is 385 g/mol. The number of esters is 1. The Morgan fingerprint density at radius 2 is 2.14 bits per heavy atom. The summed E-state index contributed by atoms with van der Waals surface area (Å²) in [5, 5.41) is 13.5. The highest BCUT2D eigenvalue weighted by molar-refractivity contribution is 7.14. The highest BCUT2D eigenvalue weighted by Crippen LogP contribution is 2.28. The number of anilines is 2. The van der Waals surface area contributed by atoms with Crippen molar-refractivity contribution in [3.63, 3.8) is 0 Å². The molecule has 2 heterocycles. The van der Waals surface area contributed by atoms with Gasteiger partial charge in [0.15, 0.2) is 6.10 Å². The van der Waals surface area contributed by atoms with Crippen LogP contribution in [0.2, 0.25) is 0 Å². The van der Waals surface area contributed by atoms with Crippen molar-refractivity contribution in [1.29, 1.82) is 5.26 Å². The van der Waals surface area contributed by atoms with E-state index in [4.69, 9.17) is 10.00 Å². The molecule has 0 radical (unpaired) electrons. The van der Waals surface area contributed by atoms with Crippen LogP contribution >= 0.6 is 11.3 Å². The summed E-state index contributed by atoms with van der Waals surface area (Å²) in [5.74, 6) is -3.02. The monoisotopic (exact) mass is 401 g/mol. The molecule has 1 aliphatic rings. The van der Waals surface area contributed by atoms with Crippen LogP contribution in [0.4, 0.5) is 15.1 Å². The van der Waals surface area contributed by atoms with Gasteiger partial charge in [-0.15, -0.1) is 11.3 Å². The van der Waals surface area contributed by atoms with Gasteiger partial charge in [-0.05, 0) is 30.5 Å². The lowest BCUT2D eigenvalue weighted by atomic mass is 10.1. The Hall–Kier alpha value is -3.25. The van der Waals surface area contributed by atoms with Gasteiger partial charge in [0.05, 0.1) is 17.2 Å². The molecule has 0 saturated carbocycles. The number of hydrogen-bond acceptors (Lipinski definition) is 6. The molecule has 7 nitrogen and oxygen atoms in total. The Bertz CT molecular complexity index is 968. The maximum absolute atomic E-state index is 13.9. The summed E-state index contributed by atoms with van der Waals surface area (Å²) in [5.41, 5.74) is 0.425. The van der Waals surface area contributed by atoms with Crippen LogP contribution in [0.25, 0.3) is 0 Å². The molecule has 9 heteroatoms. The Morgan fingerprint density at radius 1 is 1.39 bits per heavy atom. The summed E-state index contributed by atoms with van der Waals surface area (Å²) in [7, 11) is 0. The second kappa shape index (κ2) is 8.19. The molecule has 0 spiro atoms. The predicted molar refractivity (Wildman–Crippen MR) is 100 cm³/mol. The molecule has 144 valence electrons. The number of carbonyl (C=O) groups is 3. The summed E-state index contributed by atoms with van der Waals surface area (Å²) in [6.07, 6.45) is -1.23. The van der Waals surface area contributed by atoms with Gasteiger partial charge >= 0.3 is 5.97 Å². The molecule has 1 aliphatic heterocycles. The van der Waals surface area contributed by atoms with Crippen LogP contribution in [0.5, 0.6) is 0 Å². The highest BCUT2D eigenvalue weighted by atomic mass is 32.1. The standard InChI is InChI=1S/C19H16FN3O4S/c1-11(17(25)22-18-12(9-21)6-7-28-18)27-19(26)13-8-16(24)23(10-13)15-5-3-2-4-14(15)20/h2-7,11,13H,8,10H2,1H3,(H,22,25)/t11-,13+/m1/s1. The molecule has 1 aromatic carbocycles. The zero-order valence-corrected chi connectivity index (χ0v) is 15.7. The van der Waals surface area contributed by atoms with Crippen molar-refractivity contribution < 1.29 is 23.5 Å². The van der Waals surface area contributed by atoms with Crippen LogP contribution in [0.15, 0.2) is 35.7 Å². The van der Waals surface area contributed by atoms with E-state index in [1.165, 1.54) is 41.4 Å². The van der Waals surface area contributed by atoms with E-state index in [9.17, 15) is 18.8 Å². The summed E-state index contributed by atoms with van der Waals surface area (Å²) in [4.78, 5) is 38.0. The lowest BCUT2D eigenvalue weighted by Gasteiger charge is -2.18. The van der Waals surface area contributed by atoms with Crippen molar-refractivity contribution >= 4 is 39.8 Å². The lowest BCUT2D eigenvalue weighted by molar-refractivity contribution is -0.157. The number of thiophene rings is 1. The lowest BCUT2D eigenvalue weighted by Crippen LogP contribution is -2.33. The minimum absolute atomic E-state index is 0.0174. The minimum atomic E-state index is -1.11. The third-order valence-electron chi connectivity index (χ3n) is 4.29. The molecule has 28 heavy (non-hydrogen) atoms. The Balaban J connectivity index is 1.60. The maximum Gasteiger partial charge on any atom is 0.312 e. The predicted octanol–water partition coefficient (Wildman–Crippen LogP) is 2.68. The average Bonchev–Trinajstić information content (AvgIpc) is 3.28. The summed E-state index contributed by atoms with van der Waals surface area (Å²) >= 11 is 1.18. The number of ether oxygens (including phenoxy) is 1. The Morgan fingerprint density at radius 3 is 2.86 bits per heavy atom. The number of halogens is 1. The second-order valence-electron chi connectivity index (χ2n) is 6.20. The number of para-hydroxylation sites is 1. The van der Waals surface area contributed by atoms with E-state index in [2.05, 4.69) is 5.32 Å². The van der Waals surface area contributed by atoms with Crippen LogP contribution in [0.3, 0.4) is 0 Å². The fourth-order valence-corrected chi connectivity index (χ4v) is 3.54. The van der Waals surface area contributed by atoms with Crippen molar-refractivity contribution in [2.24, 2.45) is 5.92 Å². The van der Waals surface area contributed by atoms with Crippen LogP contribution in [-0.4, -0.2) is 30.4 Å². The van der Waals surface area contributed by atoms with E-state index in [1.807, 2.05) is 6.07 Å². The van der Waals surface area contributed by atoms with Crippen molar-refractivity contribution in [3.05, 3.63) is 47.1 Å². The number of amides is 2. The van der Waals surface area contributed by atoms with Crippen molar-refractivity contribution in [2.45, 2.75) is 19.4 Å². The van der Waals surface area contributed by atoms with Crippen molar-refractivity contribution in [1.82, 2.24) is 0 Å². The molecule has 0 bridgehead atoms. The Kier molecular flexibility index (Phi) is 5.70. The first-order chi connectivity index (χ1) is 13.4. The Labute approximate surface area is 164 Å². The van der Waals surface area contributed by atoms with Gasteiger partial charge < -0.3 is 15.0 Å². The summed E-state index contributed by atoms with van der Waals surface area (Å²) in [6, 6.07) is 9.33. The quantitative estimate of drug-likeness (QED) is 0.777. The molecule has 2 amide bonds. The number of nitriles is 1. The van der Waals surface area contributed by atoms with Crippen molar-refractivity contribution in [3.8, 4) is 6.07 Å². The van der Waals surface area contributed by atoms with E-state index in [0.29, 0.717) is 10.6 Å².